The zero-order valence-electron chi connectivity index (χ0n) is 12.2. The van der Waals surface area contributed by atoms with Crippen LogP contribution in [0.2, 0.25) is 0 Å². The van der Waals surface area contributed by atoms with Crippen LogP contribution < -0.4 is 11.1 Å². The maximum atomic E-state index is 12.2. The highest BCUT2D eigenvalue weighted by Gasteiger charge is 2.20. The number of aromatic nitrogens is 4. The SMILES string of the molecule is COCCn1cnnc1[C@H](C)NC(=O)c1sc(N)nc1C. The molecule has 114 valence electrons. The molecule has 0 aromatic carbocycles. The summed E-state index contributed by atoms with van der Waals surface area (Å²) in [5, 5.41) is 11.2. The van der Waals surface area contributed by atoms with Gasteiger partial charge < -0.3 is 20.4 Å². The lowest BCUT2D eigenvalue weighted by molar-refractivity contribution is 0.0940. The molecule has 8 nitrogen and oxygen atoms in total. The molecule has 2 aromatic rings. The Labute approximate surface area is 126 Å². The lowest BCUT2D eigenvalue weighted by atomic mass is 10.3. The Morgan fingerprint density at radius 1 is 1.62 bits per heavy atom. The van der Waals surface area contributed by atoms with E-state index in [0.29, 0.717) is 34.7 Å². The number of nitrogens with one attached hydrogen (secondary N) is 1. The minimum absolute atomic E-state index is 0.213. The van der Waals surface area contributed by atoms with Gasteiger partial charge in [0.2, 0.25) is 0 Å². The van der Waals surface area contributed by atoms with Crippen LogP contribution in [-0.2, 0) is 11.3 Å². The number of thiazole rings is 1. The van der Waals surface area contributed by atoms with Gasteiger partial charge in [-0.3, -0.25) is 4.79 Å². The van der Waals surface area contributed by atoms with Crippen molar-refractivity contribution in [3.8, 4) is 0 Å². The number of hydrogen-bond donors (Lipinski definition) is 2. The molecule has 9 heteroatoms. The highest BCUT2D eigenvalue weighted by atomic mass is 32.1. The molecular formula is C12H18N6O2S. The molecule has 1 atom stereocenters. The molecule has 21 heavy (non-hydrogen) atoms. The van der Waals surface area contributed by atoms with E-state index in [9.17, 15) is 4.79 Å². The summed E-state index contributed by atoms with van der Waals surface area (Å²) < 4.78 is 6.88. The van der Waals surface area contributed by atoms with E-state index < -0.39 is 0 Å². The van der Waals surface area contributed by atoms with Crippen molar-refractivity contribution in [1.82, 2.24) is 25.1 Å². The number of carbonyl (C=O) groups is 1. The topological polar surface area (TPSA) is 108 Å². The van der Waals surface area contributed by atoms with Crippen molar-refractivity contribution in [3.63, 3.8) is 0 Å². The van der Waals surface area contributed by atoms with Crippen LogP contribution in [0.25, 0.3) is 0 Å². The summed E-state index contributed by atoms with van der Waals surface area (Å²) in [7, 11) is 1.63. The van der Waals surface area contributed by atoms with Crippen molar-refractivity contribution in [2.45, 2.75) is 26.4 Å². The highest BCUT2D eigenvalue weighted by molar-refractivity contribution is 7.17. The van der Waals surface area contributed by atoms with Gasteiger partial charge in [-0.05, 0) is 13.8 Å². The van der Waals surface area contributed by atoms with Gasteiger partial charge in [0.25, 0.3) is 5.91 Å². The van der Waals surface area contributed by atoms with Gasteiger partial charge in [0.1, 0.15) is 11.2 Å². The summed E-state index contributed by atoms with van der Waals surface area (Å²) in [4.78, 5) is 16.8. The van der Waals surface area contributed by atoms with E-state index in [1.165, 1.54) is 11.3 Å². The standard InChI is InChI=1S/C12H18N6O2S/c1-7-9(21-12(13)16-7)11(19)15-8(2)10-17-14-6-18(10)4-5-20-3/h6,8H,4-5H2,1-3H3,(H2,13,16)(H,15,19)/t8-/m0/s1. The highest BCUT2D eigenvalue weighted by Crippen LogP contribution is 2.20. The van der Waals surface area contributed by atoms with Crippen molar-refractivity contribution < 1.29 is 9.53 Å². The Bertz CT molecular complexity index is 623. The van der Waals surface area contributed by atoms with Crippen LogP contribution in [0.1, 0.15) is 34.2 Å². The van der Waals surface area contributed by atoms with E-state index in [2.05, 4.69) is 20.5 Å². The van der Waals surface area contributed by atoms with Crippen LogP contribution in [0.4, 0.5) is 5.13 Å². The van der Waals surface area contributed by atoms with Gasteiger partial charge >= 0.3 is 0 Å². The number of nitrogens with zero attached hydrogens (tertiary/aromatic N) is 4. The number of amides is 1. The second-order valence-corrected chi connectivity index (χ2v) is 5.57. The van der Waals surface area contributed by atoms with Gasteiger partial charge in [-0.1, -0.05) is 11.3 Å². The first-order chi connectivity index (χ1) is 10.0. The number of nitrogen functional groups attached to an aromatic ring is 1. The van der Waals surface area contributed by atoms with E-state index >= 15 is 0 Å². The summed E-state index contributed by atoms with van der Waals surface area (Å²) in [6.45, 7) is 4.79. The summed E-state index contributed by atoms with van der Waals surface area (Å²) in [6, 6.07) is -0.278. The summed E-state index contributed by atoms with van der Waals surface area (Å²) in [5.74, 6) is 0.464. The van der Waals surface area contributed by atoms with E-state index in [1.807, 2.05) is 11.5 Å². The summed E-state index contributed by atoms with van der Waals surface area (Å²) in [5.41, 5.74) is 6.24. The van der Waals surface area contributed by atoms with Crippen LogP contribution in [0.3, 0.4) is 0 Å². The number of nitrogens with two attached hydrogens (primary N) is 1. The average molecular weight is 310 g/mol. The number of anilines is 1. The van der Waals surface area contributed by atoms with Gasteiger partial charge in [-0.25, -0.2) is 4.98 Å². The molecule has 0 aliphatic rings. The predicted molar refractivity (Wildman–Crippen MR) is 79.0 cm³/mol. The predicted octanol–water partition coefficient (Wildman–Crippen LogP) is 0.763. The van der Waals surface area contributed by atoms with E-state index in [0.717, 1.165) is 0 Å². The van der Waals surface area contributed by atoms with Gasteiger partial charge in [-0.15, -0.1) is 10.2 Å². The molecule has 2 rings (SSSR count). The number of hydrogen-bond acceptors (Lipinski definition) is 7. The van der Waals surface area contributed by atoms with Crippen molar-refractivity contribution in [2.24, 2.45) is 0 Å². The van der Waals surface area contributed by atoms with Gasteiger partial charge in [-0.2, -0.15) is 0 Å². The number of rotatable bonds is 6. The van der Waals surface area contributed by atoms with Crippen LogP contribution >= 0.6 is 11.3 Å². The average Bonchev–Trinajstić information content (AvgIpc) is 3.02. The number of ether oxygens (including phenoxy) is 1. The fourth-order valence-electron chi connectivity index (χ4n) is 1.92. The lowest BCUT2D eigenvalue weighted by Gasteiger charge is -2.14. The summed E-state index contributed by atoms with van der Waals surface area (Å²) >= 11 is 1.17. The largest absolute Gasteiger partial charge is 0.383 e. The molecule has 0 fully saturated rings. The normalized spacial score (nSPS) is 12.3. The van der Waals surface area contributed by atoms with Crippen LogP contribution in [0.5, 0.6) is 0 Å². The molecule has 0 aliphatic heterocycles. The fraction of sp³-hybridized carbons (Fsp3) is 0.500. The molecule has 0 saturated carbocycles. The fourth-order valence-corrected chi connectivity index (χ4v) is 2.65. The first-order valence-electron chi connectivity index (χ1n) is 6.43. The van der Waals surface area contributed by atoms with Crippen LogP contribution in [0, 0.1) is 6.92 Å². The second-order valence-electron chi connectivity index (χ2n) is 4.54. The molecule has 2 heterocycles. The third kappa shape index (κ3) is 3.56. The maximum Gasteiger partial charge on any atom is 0.263 e. The number of methoxy groups -OCH3 is 1. The Hall–Kier alpha value is -2.00. The zero-order valence-corrected chi connectivity index (χ0v) is 13.0. The third-order valence-corrected chi connectivity index (χ3v) is 3.92. The molecule has 1 amide bonds. The minimum Gasteiger partial charge on any atom is -0.383 e. The van der Waals surface area contributed by atoms with Crippen molar-refractivity contribution in [3.05, 3.63) is 22.7 Å². The molecule has 0 unspecified atom stereocenters. The van der Waals surface area contributed by atoms with E-state index in [4.69, 9.17) is 10.5 Å². The van der Waals surface area contributed by atoms with Gasteiger partial charge in [0.05, 0.1) is 18.3 Å². The van der Waals surface area contributed by atoms with E-state index in [1.54, 1.807) is 20.4 Å². The van der Waals surface area contributed by atoms with Gasteiger partial charge in [0, 0.05) is 13.7 Å². The van der Waals surface area contributed by atoms with Crippen molar-refractivity contribution in [2.75, 3.05) is 19.5 Å². The van der Waals surface area contributed by atoms with Crippen LogP contribution in [-0.4, -0.2) is 39.4 Å². The Morgan fingerprint density at radius 2 is 2.38 bits per heavy atom. The third-order valence-electron chi connectivity index (χ3n) is 2.94. The first-order valence-corrected chi connectivity index (χ1v) is 7.25. The minimum atomic E-state index is -0.278. The molecule has 0 aliphatic carbocycles. The van der Waals surface area contributed by atoms with Crippen molar-refractivity contribution >= 4 is 22.4 Å². The number of carbonyl (C=O) groups excluding carboxylic acids is 1. The van der Waals surface area contributed by atoms with E-state index in [-0.39, 0.29) is 11.9 Å². The van der Waals surface area contributed by atoms with Crippen molar-refractivity contribution in [1.29, 1.82) is 0 Å². The quantitative estimate of drug-likeness (QED) is 0.815. The monoisotopic (exact) mass is 310 g/mol. The lowest BCUT2D eigenvalue weighted by Crippen LogP contribution is -2.29. The second kappa shape index (κ2) is 6.64. The molecule has 0 saturated heterocycles. The molecule has 0 radical (unpaired) electrons. The molecule has 3 N–H and O–H groups in total. The Balaban J connectivity index is 2.07. The zero-order chi connectivity index (χ0) is 15.4. The Kier molecular flexibility index (Phi) is 4.86. The molecular weight excluding hydrogens is 292 g/mol. The Morgan fingerprint density at radius 3 is 3.00 bits per heavy atom. The molecule has 0 spiro atoms. The number of aryl methyl sites for hydroxylation is 1. The van der Waals surface area contributed by atoms with Gasteiger partial charge in [0.15, 0.2) is 11.0 Å². The molecule has 0 bridgehead atoms. The first kappa shape index (κ1) is 15.4. The maximum absolute atomic E-state index is 12.2. The molecule has 2 aromatic heterocycles. The smallest absolute Gasteiger partial charge is 0.263 e. The summed E-state index contributed by atoms with van der Waals surface area (Å²) in [6.07, 6.45) is 1.62. The van der Waals surface area contributed by atoms with Crippen LogP contribution in [0.15, 0.2) is 6.33 Å².